The van der Waals surface area contributed by atoms with Gasteiger partial charge in [0.2, 0.25) is 0 Å². The van der Waals surface area contributed by atoms with Crippen LogP contribution in [0, 0.1) is 0 Å². The summed E-state index contributed by atoms with van der Waals surface area (Å²) >= 11 is 0. The van der Waals surface area contributed by atoms with Gasteiger partial charge >= 0.3 is 0 Å². The Morgan fingerprint density at radius 3 is 0.921 bits per heavy atom. The molecule has 16 aromatic heterocycles. The third kappa shape index (κ3) is 10.1. The van der Waals surface area contributed by atoms with E-state index in [-0.39, 0.29) is 0 Å². The fourth-order valence-corrected chi connectivity index (χ4v) is 26.1. The second kappa shape index (κ2) is 27.7. The minimum atomic E-state index is 0.880. The molecule has 0 atom stereocenters. The quantitative estimate of drug-likeness (QED) is 0.132. The molecule has 0 amide bonds. The normalized spacial score (nSPS) is 13.5. The number of hydrogen-bond acceptors (Lipinski definition) is 12. The monoisotopic (exact) mass is 1780 g/mol. The third-order valence-electron chi connectivity index (χ3n) is 31.8. The second-order valence-corrected chi connectivity index (χ2v) is 38.6. The lowest BCUT2D eigenvalue weighted by Gasteiger charge is -2.13. The molecular formula is C124H72N16. The number of nitrogens with zero attached hydrogens (tertiary/aromatic N) is 16. The Bertz CT molecular complexity index is 10700. The number of imidazole rings is 4. The Morgan fingerprint density at radius 2 is 0.443 bits per heavy atom. The highest BCUT2D eigenvalue weighted by molar-refractivity contribution is 6.21. The predicted molar refractivity (Wildman–Crippen MR) is 559 cm³/mol. The van der Waals surface area contributed by atoms with Crippen molar-refractivity contribution in [1.82, 2.24) is 77.4 Å². The lowest BCUT2D eigenvalue weighted by atomic mass is 9.93. The molecule has 0 N–H and O–H groups in total. The molecule has 0 bridgehead atoms. The van der Waals surface area contributed by atoms with Crippen LogP contribution in [0.1, 0.15) is 89.0 Å². The fraction of sp³-hybridized carbons (Fsp3) is 0.0645. The van der Waals surface area contributed by atoms with Crippen molar-refractivity contribution in [2.45, 2.75) is 51.4 Å². The molecule has 16 heteroatoms. The summed E-state index contributed by atoms with van der Waals surface area (Å²) in [6, 6.07) is 105. The van der Waals surface area contributed by atoms with Crippen molar-refractivity contribution in [3.8, 4) is 89.0 Å². The van der Waals surface area contributed by atoms with E-state index in [1.165, 1.54) is 200 Å². The average molecular weight is 1790 g/mol. The summed E-state index contributed by atoms with van der Waals surface area (Å²) in [7, 11) is 0. The standard InChI is InChI=1S/4C31H18N4/c1-2-6-19-17(5-1)15-23-20(19)10-9-18-16-24-21(27(18)23)11-12-22-28(24)31-34-25-7-3-14-33-30(25)35(31)26-8-4-13-32-29(22)26;1-2-6-20-17(5-1)15-18-9-10-19-16-23-21(27(19)26(18)20)11-12-22-28(23)31-34-24-7-3-14-33-30(24)35(31)25-8-4-13-32-29(22)25;1-2-6-18-17(5-1)15-23-19(18)9-10-20-21-11-12-22-28(25(21)16-24(20)23)31-34-26-7-3-14-33-30(26)35(31)27-8-4-13-32-29(22)27;1-2-6-20-17(5-1)13-18-14-19-15-25-21(24(19)16-23(18)20)9-10-22-28(25)31-34-26-7-3-12-33-30(26)35(31)27-8-4-11-32-29(22)27/h3*1-14H,15-16H2;1-12,14,16H,13,15H2. The third-order valence-corrected chi connectivity index (χ3v) is 31.8. The highest BCUT2D eigenvalue weighted by Crippen LogP contribution is 2.57. The first kappa shape index (κ1) is 75.1. The van der Waals surface area contributed by atoms with E-state index < -0.39 is 0 Å². The van der Waals surface area contributed by atoms with Crippen molar-refractivity contribution in [3.63, 3.8) is 0 Å². The van der Waals surface area contributed by atoms with Gasteiger partial charge in [-0.25, -0.2) is 39.9 Å². The first-order valence-corrected chi connectivity index (χ1v) is 48.2. The maximum atomic E-state index is 5.11. The lowest BCUT2D eigenvalue weighted by Crippen LogP contribution is -1.97. The van der Waals surface area contributed by atoms with Gasteiger partial charge in [-0.05, 0) is 333 Å². The molecule has 8 aliphatic rings. The number of pyridine rings is 12. The van der Waals surface area contributed by atoms with Crippen molar-refractivity contribution >= 4 is 154 Å². The van der Waals surface area contributed by atoms with Crippen molar-refractivity contribution in [1.29, 1.82) is 0 Å². The van der Waals surface area contributed by atoms with E-state index in [2.05, 4.69) is 236 Å². The van der Waals surface area contributed by atoms with Crippen molar-refractivity contribution in [2.75, 3.05) is 0 Å². The molecule has 0 unspecified atom stereocenters. The summed E-state index contributed by atoms with van der Waals surface area (Å²) < 4.78 is 8.79. The average Bonchev–Trinajstić information content (AvgIpc) is 1.55. The van der Waals surface area contributed by atoms with Crippen molar-refractivity contribution in [2.24, 2.45) is 0 Å². The number of fused-ring (bicyclic) bond motifs is 63. The highest BCUT2D eigenvalue weighted by Gasteiger charge is 2.38. The van der Waals surface area contributed by atoms with Crippen LogP contribution in [0.25, 0.3) is 243 Å². The van der Waals surface area contributed by atoms with Crippen LogP contribution in [0.3, 0.4) is 0 Å². The molecule has 16 heterocycles. The molecule has 0 fully saturated rings. The van der Waals surface area contributed by atoms with Crippen LogP contribution >= 0.6 is 0 Å². The van der Waals surface area contributed by atoms with Crippen LogP contribution in [-0.2, 0) is 51.4 Å². The molecule has 0 aliphatic heterocycles. The van der Waals surface area contributed by atoms with Gasteiger partial charge in [0.05, 0.1) is 44.1 Å². The van der Waals surface area contributed by atoms with Gasteiger partial charge in [-0.3, -0.25) is 37.5 Å². The first-order valence-electron chi connectivity index (χ1n) is 48.2. The first-order chi connectivity index (χ1) is 69.4. The van der Waals surface area contributed by atoms with Crippen LogP contribution in [0.4, 0.5) is 0 Å². The molecule has 16 nitrogen and oxygen atoms in total. The number of aromatic nitrogens is 16. The van der Waals surface area contributed by atoms with Gasteiger partial charge in [-0.1, -0.05) is 188 Å². The molecule has 0 radical (unpaired) electrons. The van der Waals surface area contributed by atoms with Crippen LogP contribution < -0.4 is 0 Å². The zero-order chi connectivity index (χ0) is 90.7. The minimum Gasteiger partial charge on any atom is -0.274 e. The molecule has 36 rings (SSSR count). The highest BCUT2D eigenvalue weighted by atomic mass is 15.1. The molecule has 0 spiro atoms. The van der Waals surface area contributed by atoms with Crippen LogP contribution in [0.2, 0.25) is 0 Å². The van der Waals surface area contributed by atoms with Gasteiger partial charge in [0.25, 0.3) is 0 Å². The van der Waals surface area contributed by atoms with Gasteiger partial charge in [0, 0.05) is 92.7 Å². The van der Waals surface area contributed by atoms with Crippen LogP contribution in [0.15, 0.2) is 341 Å². The van der Waals surface area contributed by atoms with E-state index in [9.17, 15) is 0 Å². The smallest absolute Gasteiger partial charge is 0.165 e. The van der Waals surface area contributed by atoms with Gasteiger partial charge < -0.3 is 0 Å². The molecular weight excluding hydrogens is 1710 g/mol. The minimum absolute atomic E-state index is 0.880. The van der Waals surface area contributed by atoms with E-state index >= 15 is 0 Å². The molecule has 8 aliphatic carbocycles. The summed E-state index contributed by atoms with van der Waals surface area (Å²) in [5.74, 6) is 0. The van der Waals surface area contributed by atoms with E-state index in [1.54, 1.807) is 0 Å². The molecule has 0 saturated heterocycles. The van der Waals surface area contributed by atoms with Gasteiger partial charge in [-0.2, -0.15) is 0 Å². The Balaban J connectivity index is 0.0000000829. The maximum absolute atomic E-state index is 5.11. The summed E-state index contributed by atoms with van der Waals surface area (Å²) in [6.07, 6.45) is 22.6. The molecule has 12 aromatic carbocycles. The van der Waals surface area contributed by atoms with E-state index in [0.29, 0.717) is 0 Å². The summed E-state index contributed by atoms with van der Waals surface area (Å²) in [5, 5.41) is 9.44. The van der Waals surface area contributed by atoms with Crippen LogP contribution in [-0.4, -0.2) is 77.4 Å². The number of hydrogen-bond donors (Lipinski definition) is 0. The van der Waals surface area contributed by atoms with E-state index in [1.807, 2.05) is 122 Å². The Labute approximate surface area is 796 Å². The Kier molecular flexibility index (Phi) is 14.9. The van der Waals surface area contributed by atoms with Crippen LogP contribution in [0.5, 0.6) is 0 Å². The number of benzene rings is 12. The number of rotatable bonds is 0. The molecule has 140 heavy (non-hydrogen) atoms. The molecule has 28 aromatic rings. The van der Waals surface area contributed by atoms with E-state index in [4.69, 9.17) is 59.8 Å². The Morgan fingerprint density at radius 1 is 0.164 bits per heavy atom. The van der Waals surface area contributed by atoms with Gasteiger partial charge in [-0.15, -0.1) is 0 Å². The van der Waals surface area contributed by atoms with Gasteiger partial charge in [0.1, 0.15) is 44.7 Å². The zero-order valence-electron chi connectivity index (χ0n) is 75.1. The van der Waals surface area contributed by atoms with Crippen molar-refractivity contribution < 1.29 is 0 Å². The predicted octanol–water partition coefficient (Wildman–Crippen LogP) is 26.9. The Hall–Kier alpha value is -18.3. The van der Waals surface area contributed by atoms with E-state index in [0.717, 1.165) is 184 Å². The lowest BCUT2D eigenvalue weighted by molar-refractivity contribution is 1.17. The van der Waals surface area contributed by atoms with Gasteiger partial charge in [0.15, 0.2) is 22.6 Å². The summed E-state index contributed by atoms with van der Waals surface area (Å²) in [6.45, 7) is 0. The SMILES string of the molecule is c1ccc2c(c1)Cc1c-2ccc2c1-c1ccc3c4ncccc4n4c5ncccc5nc4c3c1C2.c1ccc2c(c1)Cc1c-2ccc2c1Cc1c-2ccc2c3ncccc3n3c4ncccc4nc3c12.c1ccc2c(c1)Cc1cc3c(cc1-2)-c1ccc2c4ncccc4n4c5ncccc5nc4c2c1C3.c1ccc2c(c1)Cc1ccc3c(c1-2)-c1ccc2c4ncccc4n4c5ncccc5nc4c2c1C3. The topological polar surface area (TPSA) is 172 Å². The zero-order valence-corrected chi connectivity index (χ0v) is 75.1. The second-order valence-electron chi connectivity index (χ2n) is 38.6. The maximum Gasteiger partial charge on any atom is 0.165 e. The fourth-order valence-electron chi connectivity index (χ4n) is 26.1. The van der Waals surface area contributed by atoms with Crippen molar-refractivity contribution in [3.05, 3.63) is 430 Å². The molecule has 648 valence electrons. The summed E-state index contributed by atoms with van der Waals surface area (Å²) in [4.78, 5) is 58.5. The summed E-state index contributed by atoms with van der Waals surface area (Å²) in [5.41, 5.74) is 63.8. The largest absolute Gasteiger partial charge is 0.274 e. The molecule has 0 saturated carbocycles.